The third kappa shape index (κ3) is 3.03. The quantitative estimate of drug-likeness (QED) is 0.705. The highest BCUT2D eigenvalue weighted by Gasteiger charge is 2.22. The summed E-state index contributed by atoms with van der Waals surface area (Å²) in [5.41, 5.74) is 2.48. The Labute approximate surface area is 136 Å². The number of hydrogen-bond donors (Lipinski definition) is 1. The van der Waals surface area contributed by atoms with Gasteiger partial charge in [-0.2, -0.15) is 0 Å². The van der Waals surface area contributed by atoms with Crippen LogP contribution in [-0.2, 0) is 0 Å². The molecule has 4 heteroatoms. The first-order valence-electron chi connectivity index (χ1n) is 6.14. The average molecular weight is 402 g/mol. The monoisotopic (exact) mass is 401 g/mol. The van der Waals surface area contributed by atoms with Crippen molar-refractivity contribution in [2.24, 2.45) is 0 Å². The molecule has 0 fully saturated rings. The van der Waals surface area contributed by atoms with Crippen molar-refractivity contribution < 1.29 is 0 Å². The number of benzene rings is 2. The van der Waals surface area contributed by atoms with Gasteiger partial charge in [-0.25, -0.2) is 0 Å². The number of anilines is 1. The SMILES string of the molecule is Clc1cc(I)ccc1NCC1CSc2ccccc21. The molecule has 1 nitrogen and oxygen atoms in total. The van der Waals surface area contributed by atoms with Crippen LogP contribution in [0, 0.1) is 3.57 Å². The zero-order valence-electron chi connectivity index (χ0n) is 10.2. The van der Waals surface area contributed by atoms with Gasteiger partial charge >= 0.3 is 0 Å². The smallest absolute Gasteiger partial charge is 0.0648 e. The standard InChI is InChI=1S/C15H13ClINS/c16-13-7-11(17)5-6-14(13)18-8-10-9-19-15-4-2-1-3-12(10)15/h1-7,10,18H,8-9H2. The van der Waals surface area contributed by atoms with Gasteiger partial charge in [0.15, 0.2) is 0 Å². The van der Waals surface area contributed by atoms with Gasteiger partial charge in [0.2, 0.25) is 0 Å². The topological polar surface area (TPSA) is 12.0 Å². The fourth-order valence-electron chi connectivity index (χ4n) is 2.26. The molecule has 19 heavy (non-hydrogen) atoms. The Kier molecular flexibility index (Phi) is 4.24. The van der Waals surface area contributed by atoms with Gasteiger partial charge in [-0.05, 0) is 52.4 Å². The van der Waals surface area contributed by atoms with Gasteiger partial charge in [-0.15, -0.1) is 11.8 Å². The van der Waals surface area contributed by atoms with Crippen molar-refractivity contribution in [3.63, 3.8) is 0 Å². The molecule has 1 aliphatic heterocycles. The lowest BCUT2D eigenvalue weighted by atomic mass is 10.0. The van der Waals surface area contributed by atoms with E-state index in [4.69, 9.17) is 11.6 Å². The van der Waals surface area contributed by atoms with E-state index in [2.05, 4.69) is 64.3 Å². The summed E-state index contributed by atoms with van der Waals surface area (Å²) in [7, 11) is 0. The number of nitrogens with one attached hydrogen (secondary N) is 1. The van der Waals surface area contributed by atoms with E-state index in [0.29, 0.717) is 5.92 Å². The highest BCUT2D eigenvalue weighted by Crippen LogP contribution is 2.39. The van der Waals surface area contributed by atoms with Crippen LogP contribution in [0.4, 0.5) is 5.69 Å². The molecule has 0 saturated heterocycles. The van der Waals surface area contributed by atoms with Gasteiger partial charge in [0.05, 0.1) is 10.7 Å². The van der Waals surface area contributed by atoms with Crippen molar-refractivity contribution >= 4 is 51.6 Å². The Morgan fingerprint density at radius 2 is 2.11 bits per heavy atom. The molecule has 1 unspecified atom stereocenters. The predicted molar refractivity (Wildman–Crippen MR) is 92.6 cm³/mol. The summed E-state index contributed by atoms with van der Waals surface area (Å²) in [4.78, 5) is 1.42. The van der Waals surface area contributed by atoms with E-state index in [1.807, 2.05) is 17.8 Å². The molecule has 98 valence electrons. The van der Waals surface area contributed by atoms with Crippen LogP contribution in [0.5, 0.6) is 0 Å². The zero-order valence-corrected chi connectivity index (χ0v) is 13.9. The van der Waals surface area contributed by atoms with Crippen LogP contribution in [0.15, 0.2) is 47.4 Å². The van der Waals surface area contributed by atoms with Crippen molar-refractivity contribution in [1.82, 2.24) is 0 Å². The first-order valence-corrected chi connectivity index (χ1v) is 8.59. The number of thioether (sulfide) groups is 1. The first-order chi connectivity index (χ1) is 9.24. The summed E-state index contributed by atoms with van der Waals surface area (Å²) in [5, 5.41) is 4.27. The molecule has 2 aromatic rings. The lowest BCUT2D eigenvalue weighted by molar-refractivity contribution is 0.819. The second-order valence-electron chi connectivity index (χ2n) is 4.55. The summed E-state index contributed by atoms with van der Waals surface area (Å²) >= 11 is 10.5. The van der Waals surface area contributed by atoms with E-state index in [-0.39, 0.29) is 0 Å². The zero-order chi connectivity index (χ0) is 13.2. The van der Waals surface area contributed by atoms with Crippen LogP contribution < -0.4 is 5.32 Å². The largest absolute Gasteiger partial charge is 0.383 e. The molecule has 0 aromatic heterocycles. The molecule has 1 heterocycles. The lowest BCUT2D eigenvalue weighted by Gasteiger charge is -2.14. The van der Waals surface area contributed by atoms with E-state index in [1.54, 1.807) is 0 Å². The minimum Gasteiger partial charge on any atom is -0.383 e. The van der Waals surface area contributed by atoms with Crippen LogP contribution in [-0.4, -0.2) is 12.3 Å². The van der Waals surface area contributed by atoms with Gasteiger partial charge in [0, 0.05) is 26.7 Å². The predicted octanol–water partition coefficient (Wildman–Crippen LogP) is 5.25. The molecule has 1 atom stereocenters. The van der Waals surface area contributed by atoms with Crippen molar-refractivity contribution in [3.05, 3.63) is 56.6 Å². The van der Waals surface area contributed by atoms with Crippen molar-refractivity contribution in [3.8, 4) is 0 Å². The fraction of sp³-hybridized carbons (Fsp3) is 0.200. The molecular weight excluding hydrogens is 389 g/mol. The first kappa shape index (κ1) is 13.6. The van der Waals surface area contributed by atoms with Crippen LogP contribution in [0.1, 0.15) is 11.5 Å². The van der Waals surface area contributed by atoms with Gasteiger partial charge in [-0.1, -0.05) is 29.8 Å². The molecule has 0 radical (unpaired) electrons. The second kappa shape index (κ2) is 5.94. The maximum Gasteiger partial charge on any atom is 0.0648 e. The maximum atomic E-state index is 6.24. The minimum atomic E-state index is 0.566. The summed E-state index contributed by atoms with van der Waals surface area (Å²) in [6.07, 6.45) is 0. The summed E-state index contributed by atoms with van der Waals surface area (Å²) < 4.78 is 1.16. The molecule has 0 spiro atoms. The van der Waals surface area contributed by atoms with Gasteiger partial charge in [0.25, 0.3) is 0 Å². The van der Waals surface area contributed by atoms with Crippen LogP contribution >= 0.6 is 46.0 Å². The second-order valence-corrected chi connectivity index (χ2v) is 7.27. The summed E-state index contributed by atoms with van der Waals surface area (Å²) in [6, 6.07) is 14.8. The summed E-state index contributed by atoms with van der Waals surface area (Å²) in [6.45, 7) is 0.935. The third-order valence-electron chi connectivity index (χ3n) is 3.27. The number of halogens is 2. The molecule has 2 aromatic carbocycles. The van der Waals surface area contributed by atoms with Crippen LogP contribution in [0.25, 0.3) is 0 Å². The van der Waals surface area contributed by atoms with Gasteiger partial charge in [0.1, 0.15) is 0 Å². The molecule has 3 rings (SSSR count). The average Bonchev–Trinajstić information content (AvgIpc) is 2.81. The number of hydrogen-bond acceptors (Lipinski definition) is 2. The molecule has 0 amide bonds. The van der Waals surface area contributed by atoms with E-state index < -0.39 is 0 Å². The Hall–Kier alpha value is -0.390. The molecule has 0 aliphatic carbocycles. The fourth-order valence-corrected chi connectivity index (χ4v) is 4.44. The third-order valence-corrected chi connectivity index (χ3v) is 5.50. The Morgan fingerprint density at radius 3 is 2.95 bits per heavy atom. The van der Waals surface area contributed by atoms with Gasteiger partial charge < -0.3 is 5.32 Å². The van der Waals surface area contributed by atoms with E-state index >= 15 is 0 Å². The maximum absolute atomic E-state index is 6.24. The van der Waals surface area contributed by atoms with Crippen molar-refractivity contribution in [2.75, 3.05) is 17.6 Å². The Morgan fingerprint density at radius 1 is 1.26 bits per heavy atom. The van der Waals surface area contributed by atoms with Gasteiger partial charge in [-0.3, -0.25) is 0 Å². The summed E-state index contributed by atoms with van der Waals surface area (Å²) in [5.74, 6) is 1.71. The normalized spacial score (nSPS) is 17.3. The van der Waals surface area contributed by atoms with E-state index in [0.717, 1.165) is 26.6 Å². The Balaban J connectivity index is 1.71. The van der Waals surface area contributed by atoms with Crippen molar-refractivity contribution in [1.29, 1.82) is 0 Å². The number of fused-ring (bicyclic) bond motifs is 1. The van der Waals surface area contributed by atoms with E-state index in [9.17, 15) is 0 Å². The van der Waals surface area contributed by atoms with Crippen molar-refractivity contribution in [2.45, 2.75) is 10.8 Å². The van der Waals surface area contributed by atoms with E-state index in [1.165, 1.54) is 10.5 Å². The Bertz CT molecular complexity index is 602. The van der Waals surface area contributed by atoms with Crippen LogP contribution in [0.3, 0.4) is 0 Å². The molecule has 0 bridgehead atoms. The molecule has 1 aliphatic rings. The molecular formula is C15H13ClINS. The highest BCUT2D eigenvalue weighted by molar-refractivity contribution is 14.1. The number of rotatable bonds is 3. The molecule has 0 saturated carbocycles. The van der Waals surface area contributed by atoms with Crippen LogP contribution in [0.2, 0.25) is 5.02 Å². The highest BCUT2D eigenvalue weighted by atomic mass is 127. The molecule has 1 N–H and O–H groups in total. The lowest BCUT2D eigenvalue weighted by Crippen LogP contribution is -2.12. The minimum absolute atomic E-state index is 0.566.